The number of hydrogen-bond acceptors (Lipinski definition) is 7. The Morgan fingerprint density at radius 1 is 1.17 bits per heavy atom. The molecule has 0 spiro atoms. The molecule has 0 radical (unpaired) electrons. The van der Waals surface area contributed by atoms with Gasteiger partial charge in [-0.1, -0.05) is 48.2 Å². The molecule has 29 heavy (non-hydrogen) atoms. The molecule has 1 heterocycles. The number of nitrogens with zero attached hydrogens (tertiary/aromatic N) is 4. The number of benzene rings is 2. The fourth-order valence-electron chi connectivity index (χ4n) is 2.74. The first kappa shape index (κ1) is 20.2. The van der Waals surface area contributed by atoms with Crippen LogP contribution >= 0.6 is 11.8 Å². The van der Waals surface area contributed by atoms with Crippen molar-refractivity contribution in [1.29, 1.82) is 0 Å². The summed E-state index contributed by atoms with van der Waals surface area (Å²) >= 11 is 0.940. The van der Waals surface area contributed by atoms with Crippen molar-refractivity contribution < 1.29 is 14.5 Å². The highest BCUT2D eigenvalue weighted by atomic mass is 32.2. The highest BCUT2D eigenvalue weighted by Crippen LogP contribution is 2.31. The van der Waals surface area contributed by atoms with Crippen LogP contribution in [-0.4, -0.2) is 32.9 Å². The van der Waals surface area contributed by atoms with Crippen molar-refractivity contribution in [1.82, 2.24) is 0 Å². The number of imide groups is 1. The maximum Gasteiger partial charge on any atom is 0.271 e. The maximum atomic E-state index is 12.7. The second kappa shape index (κ2) is 8.65. The van der Waals surface area contributed by atoms with Gasteiger partial charge in [0.25, 0.3) is 5.69 Å². The van der Waals surface area contributed by atoms with Gasteiger partial charge in [-0.3, -0.25) is 19.7 Å². The minimum Gasteiger partial charge on any atom is -0.377 e. The Bertz CT molecular complexity index is 1020. The zero-order chi connectivity index (χ0) is 21.0. The average Bonchev–Trinajstić information content (AvgIpc) is 2.99. The molecule has 1 saturated heterocycles. The lowest BCUT2D eigenvalue weighted by molar-refractivity contribution is -0.384. The lowest BCUT2D eigenvalue weighted by Crippen LogP contribution is -2.31. The van der Waals surface area contributed by atoms with Crippen LogP contribution in [0.4, 0.5) is 11.4 Å². The van der Waals surface area contributed by atoms with E-state index in [0.29, 0.717) is 5.71 Å². The Labute approximate surface area is 170 Å². The molecule has 2 amide bonds. The molecule has 2 N–H and O–H groups in total. The van der Waals surface area contributed by atoms with Gasteiger partial charge in [-0.2, -0.15) is 5.10 Å². The Kier molecular flexibility index (Phi) is 6.03. The van der Waals surface area contributed by atoms with Gasteiger partial charge in [-0.25, -0.2) is 4.90 Å². The molecular weight excluding hydrogens is 394 g/mol. The van der Waals surface area contributed by atoms with Crippen molar-refractivity contribution in [2.45, 2.75) is 18.6 Å². The van der Waals surface area contributed by atoms with Gasteiger partial charge in [0.2, 0.25) is 11.8 Å². The first-order chi connectivity index (χ1) is 13.9. The smallest absolute Gasteiger partial charge is 0.271 e. The number of carbonyl (C=O) groups excluding carboxylic acids is 2. The molecule has 3 rings (SSSR count). The summed E-state index contributed by atoms with van der Waals surface area (Å²) in [5.41, 5.74) is 7.37. The number of nitrogens with two attached hydrogens (primary N) is 1. The van der Waals surface area contributed by atoms with Gasteiger partial charge in [0.1, 0.15) is 5.25 Å². The molecule has 9 nitrogen and oxygen atoms in total. The third kappa shape index (κ3) is 4.66. The molecule has 1 aliphatic heterocycles. The van der Waals surface area contributed by atoms with Crippen LogP contribution in [0.25, 0.3) is 0 Å². The number of non-ortho nitro benzene ring substituents is 1. The molecule has 0 bridgehead atoms. The third-order valence-electron chi connectivity index (χ3n) is 4.16. The van der Waals surface area contributed by atoms with Gasteiger partial charge in [-0.05, 0) is 18.6 Å². The third-order valence-corrected chi connectivity index (χ3v) is 5.13. The van der Waals surface area contributed by atoms with Crippen LogP contribution in [0.15, 0.2) is 64.8 Å². The van der Waals surface area contributed by atoms with Crippen molar-refractivity contribution >= 4 is 45.8 Å². The van der Waals surface area contributed by atoms with Crippen LogP contribution in [-0.2, 0) is 9.59 Å². The van der Waals surface area contributed by atoms with Crippen LogP contribution in [0.1, 0.15) is 18.9 Å². The van der Waals surface area contributed by atoms with Gasteiger partial charge in [0.05, 0.1) is 16.3 Å². The monoisotopic (exact) mass is 411 g/mol. The van der Waals surface area contributed by atoms with Crippen molar-refractivity contribution in [2.24, 2.45) is 15.9 Å². The Balaban J connectivity index is 1.73. The van der Waals surface area contributed by atoms with E-state index in [2.05, 4.69) is 10.2 Å². The summed E-state index contributed by atoms with van der Waals surface area (Å²) in [4.78, 5) is 36.3. The van der Waals surface area contributed by atoms with E-state index in [4.69, 9.17) is 5.73 Å². The summed E-state index contributed by atoms with van der Waals surface area (Å²) in [6.45, 7) is 1.78. The lowest BCUT2D eigenvalue weighted by atomic mass is 10.1. The first-order valence-electron chi connectivity index (χ1n) is 8.58. The van der Waals surface area contributed by atoms with Gasteiger partial charge >= 0.3 is 0 Å². The van der Waals surface area contributed by atoms with Crippen molar-refractivity contribution in [3.8, 4) is 0 Å². The summed E-state index contributed by atoms with van der Waals surface area (Å²) in [5.74, 6) is -0.952. The number of carbonyl (C=O) groups is 2. The van der Waals surface area contributed by atoms with Crippen LogP contribution in [0.2, 0.25) is 0 Å². The number of amides is 2. The SMILES string of the molecule is C/C(=N/N=C(N)S[C@@H]1CC(=O)N(c2cccc([N+](=O)[O-])c2)C1=O)c1ccccc1. The first-order valence-corrected chi connectivity index (χ1v) is 9.46. The summed E-state index contributed by atoms with van der Waals surface area (Å²) in [5, 5.41) is 18.2. The molecule has 0 aliphatic carbocycles. The second-order valence-corrected chi connectivity index (χ2v) is 7.37. The largest absolute Gasteiger partial charge is 0.377 e. The normalized spacial score (nSPS) is 17.7. The van der Waals surface area contributed by atoms with Gasteiger partial charge in [0.15, 0.2) is 5.17 Å². The predicted molar refractivity (Wildman–Crippen MR) is 112 cm³/mol. The molecule has 1 aliphatic rings. The molecule has 2 aromatic rings. The molecule has 10 heteroatoms. The number of amidine groups is 1. The Hall–Kier alpha value is -3.53. The highest BCUT2D eigenvalue weighted by molar-refractivity contribution is 8.14. The van der Waals surface area contributed by atoms with Crippen molar-refractivity contribution in [3.63, 3.8) is 0 Å². The minimum absolute atomic E-state index is 0.0484. The minimum atomic E-state index is -0.766. The molecule has 1 atom stereocenters. The number of nitro groups is 1. The van der Waals surface area contributed by atoms with E-state index < -0.39 is 22.0 Å². The summed E-state index contributed by atoms with van der Waals surface area (Å²) < 4.78 is 0. The molecule has 0 aromatic heterocycles. The molecular formula is C19H17N5O4S. The molecule has 148 valence electrons. The predicted octanol–water partition coefficient (Wildman–Crippen LogP) is 2.70. The van der Waals surface area contributed by atoms with E-state index in [1.165, 1.54) is 24.3 Å². The topological polar surface area (TPSA) is 131 Å². The Morgan fingerprint density at radius 3 is 2.59 bits per heavy atom. The fourth-order valence-corrected chi connectivity index (χ4v) is 3.56. The number of nitro benzene ring substituents is 1. The summed E-state index contributed by atoms with van der Waals surface area (Å²) in [6.07, 6.45) is -0.0796. The van der Waals surface area contributed by atoms with E-state index >= 15 is 0 Å². The van der Waals surface area contributed by atoms with Crippen LogP contribution in [0.3, 0.4) is 0 Å². The number of rotatable bonds is 5. The molecule has 0 unspecified atom stereocenters. The van der Waals surface area contributed by atoms with Crippen molar-refractivity contribution in [3.05, 3.63) is 70.3 Å². The number of hydrogen-bond donors (Lipinski definition) is 1. The van der Waals surface area contributed by atoms with E-state index in [1.54, 1.807) is 6.92 Å². The van der Waals surface area contributed by atoms with E-state index in [1.807, 2.05) is 30.3 Å². The maximum absolute atomic E-state index is 12.7. The van der Waals surface area contributed by atoms with Crippen LogP contribution in [0, 0.1) is 10.1 Å². The highest BCUT2D eigenvalue weighted by Gasteiger charge is 2.41. The zero-order valence-corrected chi connectivity index (χ0v) is 16.2. The summed E-state index contributed by atoms with van der Waals surface area (Å²) in [7, 11) is 0. The second-order valence-electron chi connectivity index (χ2n) is 6.14. The fraction of sp³-hybridized carbons (Fsp3) is 0.158. The molecule has 0 saturated carbocycles. The van der Waals surface area contributed by atoms with E-state index in [9.17, 15) is 19.7 Å². The van der Waals surface area contributed by atoms with Gasteiger partial charge in [0, 0.05) is 18.6 Å². The van der Waals surface area contributed by atoms with E-state index in [-0.39, 0.29) is 23.0 Å². The van der Waals surface area contributed by atoms with Crippen molar-refractivity contribution in [2.75, 3.05) is 4.90 Å². The zero-order valence-electron chi connectivity index (χ0n) is 15.4. The molecule has 1 fully saturated rings. The van der Waals surface area contributed by atoms with Gasteiger partial charge in [-0.15, -0.1) is 5.10 Å². The average molecular weight is 411 g/mol. The van der Waals surface area contributed by atoms with Crippen LogP contribution < -0.4 is 10.6 Å². The quantitative estimate of drug-likeness (QED) is 0.265. The Morgan fingerprint density at radius 2 is 1.90 bits per heavy atom. The molecule has 2 aromatic carbocycles. The van der Waals surface area contributed by atoms with E-state index in [0.717, 1.165) is 22.2 Å². The number of anilines is 1. The summed E-state index contributed by atoms with van der Waals surface area (Å²) in [6, 6.07) is 14.8. The van der Waals surface area contributed by atoms with Gasteiger partial charge < -0.3 is 5.73 Å². The lowest BCUT2D eigenvalue weighted by Gasteiger charge is -2.14. The van der Waals surface area contributed by atoms with Crippen LogP contribution in [0.5, 0.6) is 0 Å². The standard InChI is InChI=1S/C19H17N5O4S/c1-12(13-6-3-2-4-7-13)21-22-19(20)29-16-11-17(25)23(18(16)26)14-8-5-9-15(10-14)24(27)28/h2-10,16H,11H2,1H3,(H2,20,22)/b21-12-/t16-/m1/s1. The number of thioether (sulfide) groups is 1.